The number of thiazole rings is 1. The fraction of sp³-hybridized carbons (Fsp3) is 0.150. The summed E-state index contributed by atoms with van der Waals surface area (Å²) in [4.78, 5) is 22.9. The van der Waals surface area contributed by atoms with E-state index in [0.717, 1.165) is 21.9 Å². The minimum atomic E-state index is -0.941. The standard InChI is InChI=1S/C20H15F2N3O2S2/c1-10-15(23-19(27-10)16-4-3-7-28-16)9-17(26)24-20-25-18(11(2)29-20)12-5-6-13(21)14(22)8-12/h3-8H,9H2,1-2H3,(H,24,25,26). The number of aromatic nitrogens is 2. The lowest BCUT2D eigenvalue weighted by Crippen LogP contribution is -2.15. The number of carbonyl (C=O) groups excluding carboxylic acids is 1. The monoisotopic (exact) mass is 431 g/mol. The van der Waals surface area contributed by atoms with Crippen molar-refractivity contribution >= 4 is 33.7 Å². The van der Waals surface area contributed by atoms with E-state index >= 15 is 0 Å². The molecule has 5 nitrogen and oxygen atoms in total. The number of anilines is 1. The zero-order chi connectivity index (χ0) is 20.5. The Hall–Kier alpha value is -2.91. The van der Waals surface area contributed by atoms with Crippen LogP contribution in [-0.4, -0.2) is 15.9 Å². The maximum atomic E-state index is 13.5. The fourth-order valence-corrected chi connectivity index (χ4v) is 4.28. The van der Waals surface area contributed by atoms with Gasteiger partial charge in [0, 0.05) is 10.4 Å². The van der Waals surface area contributed by atoms with Crippen LogP contribution in [0.1, 0.15) is 16.3 Å². The summed E-state index contributed by atoms with van der Waals surface area (Å²) >= 11 is 2.77. The average Bonchev–Trinajstić information content (AvgIpc) is 3.39. The lowest BCUT2D eigenvalue weighted by Gasteiger charge is -2.01. The van der Waals surface area contributed by atoms with Crippen LogP contribution >= 0.6 is 22.7 Å². The molecule has 29 heavy (non-hydrogen) atoms. The molecule has 0 aliphatic carbocycles. The normalized spacial score (nSPS) is 11.0. The molecule has 0 aliphatic heterocycles. The summed E-state index contributed by atoms with van der Waals surface area (Å²) in [7, 11) is 0. The molecule has 3 aromatic heterocycles. The van der Waals surface area contributed by atoms with Gasteiger partial charge in [0.05, 0.1) is 22.7 Å². The SMILES string of the molecule is Cc1oc(-c2cccs2)nc1CC(=O)Nc1nc(-c2ccc(F)c(F)c2)c(C)s1. The fourth-order valence-electron chi connectivity index (χ4n) is 2.77. The topological polar surface area (TPSA) is 68.0 Å². The Balaban J connectivity index is 1.49. The number of rotatable bonds is 5. The van der Waals surface area contributed by atoms with E-state index in [4.69, 9.17) is 4.42 Å². The van der Waals surface area contributed by atoms with E-state index in [1.807, 2.05) is 17.5 Å². The van der Waals surface area contributed by atoms with E-state index in [1.165, 1.54) is 28.7 Å². The van der Waals surface area contributed by atoms with Crippen molar-refractivity contribution in [3.63, 3.8) is 0 Å². The van der Waals surface area contributed by atoms with Gasteiger partial charge in [0.2, 0.25) is 11.8 Å². The van der Waals surface area contributed by atoms with Gasteiger partial charge in [0.25, 0.3) is 0 Å². The van der Waals surface area contributed by atoms with Gasteiger partial charge in [-0.05, 0) is 43.5 Å². The number of hydrogen-bond acceptors (Lipinski definition) is 6. The minimum Gasteiger partial charge on any atom is -0.440 e. The van der Waals surface area contributed by atoms with E-state index in [1.54, 1.807) is 13.8 Å². The molecule has 0 radical (unpaired) electrons. The molecule has 0 bridgehead atoms. The quantitative estimate of drug-likeness (QED) is 0.446. The number of thiophene rings is 1. The van der Waals surface area contributed by atoms with Gasteiger partial charge in [-0.15, -0.1) is 22.7 Å². The molecule has 1 amide bonds. The Bertz CT molecular complexity index is 1180. The maximum Gasteiger partial charge on any atom is 0.236 e. The minimum absolute atomic E-state index is 0.0415. The first-order valence-electron chi connectivity index (χ1n) is 8.63. The number of oxazole rings is 1. The van der Waals surface area contributed by atoms with Crippen molar-refractivity contribution in [1.29, 1.82) is 0 Å². The van der Waals surface area contributed by atoms with Crippen LogP contribution in [0, 0.1) is 25.5 Å². The number of nitrogens with zero attached hydrogens (tertiary/aromatic N) is 2. The van der Waals surface area contributed by atoms with Crippen molar-refractivity contribution in [2.24, 2.45) is 0 Å². The Labute approximate surface area is 173 Å². The second-order valence-electron chi connectivity index (χ2n) is 6.28. The zero-order valence-corrected chi connectivity index (χ0v) is 17.1. The van der Waals surface area contributed by atoms with E-state index in [-0.39, 0.29) is 12.3 Å². The van der Waals surface area contributed by atoms with Gasteiger partial charge in [0.15, 0.2) is 16.8 Å². The van der Waals surface area contributed by atoms with Crippen LogP contribution in [0.25, 0.3) is 22.0 Å². The van der Waals surface area contributed by atoms with E-state index in [9.17, 15) is 13.6 Å². The molecule has 3 heterocycles. The number of carbonyl (C=O) groups is 1. The molecule has 1 N–H and O–H groups in total. The summed E-state index contributed by atoms with van der Waals surface area (Å²) in [5.41, 5.74) is 1.51. The molecular formula is C20H15F2N3O2S2. The first-order valence-corrected chi connectivity index (χ1v) is 10.3. The molecule has 0 spiro atoms. The first-order chi connectivity index (χ1) is 13.9. The molecule has 4 rings (SSSR count). The molecule has 148 valence electrons. The summed E-state index contributed by atoms with van der Waals surface area (Å²) in [6, 6.07) is 7.41. The van der Waals surface area contributed by atoms with Crippen molar-refractivity contribution in [3.05, 3.63) is 63.7 Å². The van der Waals surface area contributed by atoms with Crippen molar-refractivity contribution in [3.8, 4) is 22.0 Å². The lowest BCUT2D eigenvalue weighted by atomic mass is 10.1. The smallest absolute Gasteiger partial charge is 0.236 e. The van der Waals surface area contributed by atoms with E-state index in [0.29, 0.717) is 33.7 Å². The predicted octanol–water partition coefficient (Wildman–Crippen LogP) is 5.60. The lowest BCUT2D eigenvalue weighted by molar-refractivity contribution is -0.115. The van der Waals surface area contributed by atoms with Gasteiger partial charge in [0.1, 0.15) is 5.76 Å². The zero-order valence-electron chi connectivity index (χ0n) is 15.5. The number of halogens is 2. The molecule has 0 saturated heterocycles. The van der Waals surface area contributed by atoms with Crippen LogP contribution in [0.5, 0.6) is 0 Å². The highest BCUT2D eigenvalue weighted by atomic mass is 32.1. The van der Waals surface area contributed by atoms with E-state index < -0.39 is 11.6 Å². The number of nitrogens with one attached hydrogen (secondary N) is 1. The van der Waals surface area contributed by atoms with Crippen molar-refractivity contribution in [2.45, 2.75) is 20.3 Å². The van der Waals surface area contributed by atoms with Gasteiger partial charge in [-0.3, -0.25) is 4.79 Å². The molecule has 0 fully saturated rings. The number of amides is 1. The van der Waals surface area contributed by atoms with Crippen LogP contribution in [0.2, 0.25) is 0 Å². The van der Waals surface area contributed by atoms with Crippen LogP contribution in [0.3, 0.4) is 0 Å². The van der Waals surface area contributed by atoms with Crippen molar-refractivity contribution in [2.75, 3.05) is 5.32 Å². The number of benzene rings is 1. The van der Waals surface area contributed by atoms with Gasteiger partial charge in [-0.25, -0.2) is 18.7 Å². The second kappa shape index (κ2) is 7.84. The maximum absolute atomic E-state index is 13.5. The predicted molar refractivity (Wildman–Crippen MR) is 109 cm³/mol. The van der Waals surface area contributed by atoms with Crippen molar-refractivity contribution < 1.29 is 18.0 Å². The van der Waals surface area contributed by atoms with Crippen LogP contribution in [-0.2, 0) is 11.2 Å². The van der Waals surface area contributed by atoms with Gasteiger partial charge < -0.3 is 9.73 Å². The Morgan fingerprint density at radius 1 is 1.17 bits per heavy atom. The largest absolute Gasteiger partial charge is 0.440 e. The third kappa shape index (κ3) is 4.10. The van der Waals surface area contributed by atoms with Gasteiger partial charge >= 0.3 is 0 Å². The summed E-state index contributed by atoms with van der Waals surface area (Å²) in [6.45, 7) is 3.57. The number of hydrogen-bond donors (Lipinski definition) is 1. The summed E-state index contributed by atoms with van der Waals surface area (Å²) in [6.07, 6.45) is 0.0415. The molecule has 0 aliphatic rings. The highest BCUT2D eigenvalue weighted by Crippen LogP contribution is 2.31. The Kier molecular flexibility index (Phi) is 5.25. The molecule has 0 atom stereocenters. The Morgan fingerprint density at radius 2 is 2.00 bits per heavy atom. The summed E-state index contributed by atoms with van der Waals surface area (Å²) in [5.74, 6) is -1.07. The first kappa shape index (κ1) is 19.4. The van der Waals surface area contributed by atoms with Gasteiger partial charge in [-0.2, -0.15) is 0 Å². The third-order valence-electron chi connectivity index (χ3n) is 4.19. The highest BCUT2D eigenvalue weighted by Gasteiger charge is 2.18. The molecular weight excluding hydrogens is 416 g/mol. The molecule has 0 saturated carbocycles. The summed E-state index contributed by atoms with van der Waals surface area (Å²) < 4.78 is 32.3. The molecule has 9 heteroatoms. The second-order valence-corrected chi connectivity index (χ2v) is 8.43. The van der Waals surface area contributed by atoms with Crippen molar-refractivity contribution in [1.82, 2.24) is 9.97 Å². The Morgan fingerprint density at radius 3 is 2.72 bits per heavy atom. The average molecular weight is 431 g/mol. The van der Waals surface area contributed by atoms with Crippen LogP contribution in [0.4, 0.5) is 13.9 Å². The van der Waals surface area contributed by atoms with E-state index in [2.05, 4.69) is 15.3 Å². The molecule has 0 unspecified atom stereocenters. The van der Waals surface area contributed by atoms with Crippen LogP contribution in [0.15, 0.2) is 40.1 Å². The molecule has 1 aromatic carbocycles. The molecule has 4 aromatic rings. The van der Waals surface area contributed by atoms with Crippen LogP contribution < -0.4 is 5.32 Å². The van der Waals surface area contributed by atoms with Gasteiger partial charge in [-0.1, -0.05) is 6.07 Å². The summed E-state index contributed by atoms with van der Waals surface area (Å²) in [5, 5.41) is 5.05. The highest BCUT2D eigenvalue weighted by molar-refractivity contribution is 7.16. The number of aryl methyl sites for hydroxylation is 2. The third-order valence-corrected chi connectivity index (χ3v) is 5.93.